The molecular formula is C31H31F4N3O4. The van der Waals surface area contributed by atoms with Crippen molar-refractivity contribution in [3.8, 4) is 34.0 Å². The maximum atomic E-state index is 13.7. The summed E-state index contributed by atoms with van der Waals surface area (Å²) in [7, 11) is 3.18. The summed E-state index contributed by atoms with van der Waals surface area (Å²) < 4.78 is 65.5. The lowest BCUT2D eigenvalue weighted by Crippen LogP contribution is -2.47. The number of carboxylic acids is 1. The van der Waals surface area contributed by atoms with E-state index in [2.05, 4.69) is 10.1 Å². The van der Waals surface area contributed by atoms with E-state index >= 15 is 0 Å². The summed E-state index contributed by atoms with van der Waals surface area (Å²) in [5, 5.41) is 13.8. The topological polar surface area (TPSA) is 88.7 Å². The van der Waals surface area contributed by atoms with Gasteiger partial charge < -0.3 is 14.4 Å². The highest BCUT2D eigenvalue weighted by atomic mass is 19.4. The fraction of sp³-hybridized carbons (Fsp3) is 0.323. The van der Waals surface area contributed by atoms with Crippen LogP contribution in [0.5, 0.6) is 0 Å². The van der Waals surface area contributed by atoms with E-state index in [0.29, 0.717) is 29.3 Å². The van der Waals surface area contributed by atoms with Gasteiger partial charge in [-0.3, -0.25) is 9.69 Å². The number of aliphatic carboxylic acids is 1. The van der Waals surface area contributed by atoms with Gasteiger partial charge in [-0.05, 0) is 65.0 Å². The van der Waals surface area contributed by atoms with Crippen LogP contribution in [0.2, 0.25) is 0 Å². The number of hydrogen-bond acceptors (Lipinski definition) is 6. The monoisotopic (exact) mass is 585 g/mol. The molecular weight excluding hydrogens is 554 g/mol. The quantitative estimate of drug-likeness (QED) is 0.206. The van der Waals surface area contributed by atoms with Crippen molar-refractivity contribution in [2.75, 3.05) is 14.2 Å². The molecule has 0 saturated carbocycles. The van der Waals surface area contributed by atoms with E-state index in [0.717, 1.165) is 17.7 Å². The predicted molar refractivity (Wildman–Crippen MR) is 149 cm³/mol. The maximum absolute atomic E-state index is 13.7. The van der Waals surface area contributed by atoms with Crippen LogP contribution in [0, 0.1) is 11.2 Å². The molecule has 11 heteroatoms. The fourth-order valence-corrected chi connectivity index (χ4v) is 5.12. The average molecular weight is 586 g/mol. The number of rotatable bonds is 9. The molecule has 0 fully saturated rings. The Morgan fingerprint density at radius 2 is 1.74 bits per heavy atom. The number of carbonyl (C=O) groups is 1. The van der Waals surface area contributed by atoms with Crippen LogP contribution in [0.15, 0.2) is 65.2 Å². The summed E-state index contributed by atoms with van der Waals surface area (Å²) >= 11 is 0. The molecule has 1 unspecified atom stereocenters. The first-order chi connectivity index (χ1) is 19.7. The molecule has 7 nitrogen and oxygen atoms in total. The molecule has 0 saturated heterocycles. The molecule has 0 spiro atoms. The summed E-state index contributed by atoms with van der Waals surface area (Å²) in [6.45, 7) is 5.98. The zero-order valence-corrected chi connectivity index (χ0v) is 23.8. The number of methoxy groups -OCH3 is 1. The van der Waals surface area contributed by atoms with Gasteiger partial charge in [-0.2, -0.15) is 18.2 Å². The van der Waals surface area contributed by atoms with Gasteiger partial charge in [0.15, 0.2) is 0 Å². The van der Waals surface area contributed by atoms with Gasteiger partial charge in [-0.15, -0.1) is 0 Å². The first-order valence-corrected chi connectivity index (χ1v) is 13.0. The van der Waals surface area contributed by atoms with Gasteiger partial charge in [-0.25, -0.2) is 4.39 Å². The molecule has 0 amide bonds. The summed E-state index contributed by atoms with van der Waals surface area (Å²) in [5.41, 5.74) is 0.871. The largest absolute Gasteiger partial charge is 0.480 e. The van der Waals surface area contributed by atoms with Crippen molar-refractivity contribution in [3.05, 3.63) is 83.2 Å². The summed E-state index contributed by atoms with van der Waals surface area (Å²) in [4.78, 5) is 18.2. The van der Waals surface area contributed by atoms with E-state index < -0.39 is 35.0 Å². The second kappa shape index (κ2) is 12.0. The highest BCUT2D eigenvalue weighted by molar-refractivity contribution is 5.75. The minimum atomic E-state index is -4.76. The molecule has 0 aliphatic rings. The Morgan fingerprint density at radius 1 is 1.02 bits per heavy atom. The molecule has 3 aromatic carbocycles. The zero-order chi connectivity index (χ0) is 30.8. The SMILES string of the molecule is COCc1cc(-c2nc(-c3cccc(CN(C)C(C(=O)O)C(C)(C)C)c3)no2)ccc1-c1ccc(F)cc1C(F)(F)F. The van der Waals surface area contributed by atoms with Crippen molar-refractivity contribution in [3.63, 3.8) is 0 Å². The van der Waals surface area contributed by atoms with Crippen LogP contribution in [0.25, 0.3) is 34.0 Å². The Morgan fingerprint density at radius 3 is 2.38 bits per heavy atom. The molecule has 0 aliphatic heterocycles. The van der Waals surface area contributed by atoms with Crippen molar-refractivity contribution < 1.29 is 36.7 Å². The van der Waals surface area contributed by atoms with Gasteiger partial charge in [0.25, 0.3) is 5.89 Å². The molecule has 0 aliphatic carbocycles. The summed E-state index contributed by atoms with van der Waals surface area (Å²) in [6, 6.07) is 13.8. The lowest BCUT2D eigenvalue weighted by molar-refractivity contribution is -0.147. The van der Waals surface area contributed by atoms with Crippen LogP contribution >= 0.6 is 0 Å². The average Bonchev–Trinajstić information content (AvgIpc) is 3.38. The Balaban J connectivity index is 1.64. The zero-order valence-electron chi connectivity index (χ0n) is 23.8. The van der Waals surface area contributed by atoms with E-state index in [9.17, 15) is 27.5 Å². The number of carboxylic acid groups (broad SMARTS) is 1. The van der Waals surface area contributed by atoms with Crippen LogP contribution in [0.3, 0.4) is 0 Å². The third kappa shape index (κ3) is 6.85. The van der Waals surface area contributed by atoms with Gasteiger partial charge >= 0.3 is 12.1 Å². The Labute approximate surface area is 240 Å². The normalized spacial score (nSPS) is 13.0. The predicted octanol–water partition coefficient (Wildman–Crippen LogP) is 7.31. The summed E-state index contributed by atoms with van der Waals surface area (Å²) in [6.07, 6.45) is -4.76. The van der Waals surface area contributed by atoms with Gasteiger partial charge in [0, 0.05) is 24.8 Å². The lowest BCUT2D eigenvalue weighted by atomic mass is 9.85. The molecule has 0 bridgehead atoms. The Kier molecular flexibility index (Phi) is 8.84. The maximum Gasteiger partial charge on any atom is 0.417 e. The van der Waals surface area contributed by atoms with E-state index in [-0.39, 0.29) is 29.4 Å². The first-order valence-electron chi connectivity index (χ1n) is 13.0. The van der Waals surface area contributed by atoms with Crippen LogP contribution in [0.1, 0.15) is 37.5 Å². The molecule has 222 valence electrons. The molecule has 4 rings (SSSR count). The number of ether oxygens (including phenoxy) is 1. The Bertz CT molecular complexity index is 1580. The van der Waals surface area contributed by atoms with E-state index in [1.54, 1.807) is 30.1 Å². The highest BCUT2D eigenvalue weighted by Gasteiger charge is 2.35. The fourth-order valence-electron chi connectivity index (χ4n) is 5.12. The molecule has 1 N–H and O–H groups in total. The van der Waals surface area contributed by atoms with Crippen molar-refractivity contribution in [2.24, 2.45) is 5.41 Å². The van der Waals surface area contributed by atoms with Crippen molar-refractivity contribution >= 4 is 5.97 Å². The van der Waals surface area contributed by atoms with Gasteiger partial charge in [0.05, 0.1) is 12.2 Å². The van der Waals surface area contributed by atoms with Crippen molar-refractivity contribution in [2.45, 2.75) is 46.1 Å². The van der Waals surface area contributed by atoms with Crippen LogP contribution in [0.4, 0.5) is 17.6 Å². The number of halogens is 4. The molecule has 1 atom stereocenters. The van der Waals surface area contributed by atoms with E-state index in [1.165, 1.54) is 13.2 Å². The van der Waals surface area contributed by atoms with E-state index in [4.69, 9.17) is 9.26 Å². The number of aromatic nitrogens is 2. The number of alkyl halides is 3. The molecule has 1 aromatic heterocycles. The summed E-state index contributed by atoms with van der Waals surface area (Å²) in [5.74, 6) is -1.46. The smallest absolute Gasteiger partial charge is 0.417 e. The van der Waals surface area contributed by atoms with Crippen LogP contribution in [-0.2, 0) is 28.9 Å². The van der Waals surface area contributed by atoms with E-state index in [1.807, 2.05) is 39.0 Å². The van der Waals surface area contributed by atoms with Gasteiger partial charge in [0.2, 0.25) is 5.82 Å². The third-order valence-electron chi connectivity index (χ3n) is 6.77. The Hall–Kier alpha value is -4.09. The number of likely N-dealkylation sites (N-methyl/N-ethyl adjacent to an activating group) is 1. The van der Waals surface area contributed by atoms with Crippen molar-refractivity contribution in [1.29, 1.82) is 0 Å². The second-order valence-electron chi connectivity index (χ2n) is 11.1. The minimum absolute atomic E-state index is 0.0136. The molecule has 4 aromatic rings. The number of hydrogen-bond donors (Lipinski definition) is 1. The lowest BCUT2D eigenvalue weighted by Gasteiger charge is -2.34. The third-order valence-corrected chi connectivity index (χ3v) is 6.77. The molecule has 0 radical (unpaired) electrons. The van der Waals surface area contributed by atoms with Gasteiger partial charge in [0.1, 0.15) is 11.9 Å². The van der Waals surface area contributed by atoms with Crippen molar-refractivity contribution in [1.82, 2.24) is 15.0 Å². The molecule has 42 heavy (non-hydrogen) atoms. The van der Waals surface area contributed by atoms with Crippen LogP contribution in [-0.4, -0.2) is 46.3 Å². The first kappa shape index (κ1) is 30.9. The minimum Gasteiger partial charge on any atom is -0.480 e. The highest BCUT2D eigenvalue weighted by Crippen LogP contribution is 2.40. The number of benzene rings is 3. The second-order valence-corrected chi connectivity index (χ2v) is 11.1. The standard InChI is InChI=1S/C31H31F4N3O4/c1-30(2,3)26(29(39)40)38(4)16-18-7-6-8-19(13-18)27-36-28(42-37-27)20-9-11-23(21(14-20)17-41-5)24-12-10-22(32)15-25(24)31(33,34)35/h6-15,26H,16-17H2,1-5H3,(H,39,40). The van der Waals surface area contributed by atoms with Crippen LogP contribution < -0.4 is 0 Å². The van der Waals surface area contributed by atoms with Gasteiger partial charge in [-0.1, -0.05) is 56.3 Å². The number of nitrogens with zero attached hydrogens (tertiary/aromatic N) is 3. The molecule has 1 heterocycles.